The van der Waals surface area contributed by atoms with E-state index >= 15 is 0 Å². The van der Waals surface area contributed by atoms with Crippen molar-refractivity contribution in [2.45, 2.75) is 31.5 Å². The van der Waals surface area contributed by atoms with E-state index in [1.54, 1.807) is 6.07 Å². The molecule has 0 aromatic heterocycles. The highest BCUT2D eigenvalue weighted by molar-refractivity contribution is 9.10. The van der Waals surface area contributed by atoms with Crippen molar-refractivity contribution in [1.82, 2.24) is 0 Å². The Bertz CT molecular complexity index is 378. The van der Waals surface area contributed by atoms with Gasteiger partial charge in [0.15, 0.2) is 0 Å². The van der Waals surface area contributed by atoms with E-state index < -0.39 is 24.5 Å². The SMILES string of the molecule is NC(CCCC(F)(F)F)c1ccc(Br)c(F)c1. The lowest BCUT2D eigenvalue weighted by molar-refractivity contribution is -0.135. The van der Waals surface area contributed by atoms with Crippen LogP contribution in [0.5, 0.6) is 0 Å². The van der Waals surface area contributed by atoms with Crippen LogP contribution in [0.3, 0.4) is 0 Å². The maximum absolute atomic E-state index is 13.2. The van der Waals surface area contributed by atoms with Crippen molar-refractivity contribution in [1.29, 1.82) is 0 Å². The van der Waals surface area contributed by atoms with E-state index in [-0.39, 0.29) is 12.8 Å². The monoisotopic (exact) mass is 313 g/mol. The summed E-state index contributed by atoms with van der Waals surface area (Å²) in [6.07, 6.45) is -4.90. The lowest BCUT2D eigenvalue weighted by Crippen LogP contribution is -2.13. The molecule has 0 saturated carbocycles. The lowest BCUT2D eigenvalue weighted by atomic mass is 10.0. The maximum atomic E-state index is 13.2. The highest BCUT2D eigenvalue weighted by atomic mass is 79.9. The van der Waals surface area contributed by atoms with Gasteiger partial charge in [-0.1, -0.05) is 6.07 Å². The topological polar surface area (TPSA) is 26.0 Å². The molecule has 0 aliphatic heterocycles. The van der Waals surface area contributed by atoms with E-state index in [4.69, 9.17) is 5.73 Å². The molecule has 0 spiro atoms. The lowest BCUT2D eigenvalue weighted by Gasteiger charge is -2.13. The highest BCUT2D eigenvalue weighted by Gasteiger charge is 2.26. The van der Waals surface area contributed by atoms with Gasteiger partial charge in [-0.2, -0.15) is 13.2 Å². The molecule has 96 valence electrons. The zero-order valence-corrected chi connectivity index (χ0v) is 10.5. The van der Waals surface area contributed by atoms with Gasteiger partial charge in [-0.25, -0.2) is 4.39 Å². The van der Waals surface area contributed by atoms with Crippen LogP contribution in [0.15, 0.2) is 22.7 Å². The first kappa shape index (κ1) is 14.4. The van der Waals surface area contributed by atoms with E-state index in [0.717, 1.165) is 0 Å². The number of hydrogen-bond donors (Lipinski definition) is 1. The Kier molecular flexibility index (Phi) is 4.94. The quantitative estimate of drug-likeness (QED) is 0.823. The Morgan fingerprint density at radius 1 is 1.29 bits per heavy atom. The minimum Gasteiger partial charge on any atom is -0.324 e. The van der Waals surface area contributed by atoms with Crippen LogP contribution in [0.1, 0.15) is 30.9 Å². The normalized spacial score (nSPS) is 13.8. The first-order chi connectivity index (χ1) is 7.79. The summed E-state index contributed by atoms with van der Waals surface area (Å²) in [5, 5.41) is 0. The molecule has 0 saturated heterocycles. The van der Waals surface area contributed by atoms with Crippen LogP contribution in [0.2, 0.25) is 0 Å². The molecule has 17 heavy (non-hydrogen) atoms. The van der Waals surface area contributed by atoms with Crippen LogP contribution in [0.25, 0.3) is 0 Å². The second kappa shape index (κ2) is 5.82. The van der Waals surface area contributed by atoms with Crippen LogP contribution in [-0.2, 0) is 0 Å². The molecule has 1 atom stereocenters. The molecule has 1 rings (SSSR count). The second-order valence-corrected chi connectivity index (χ2v) is 4.64. The fourth-order valence-corrected chi connectivity index (χ4v) is 1.68. The zero-order valence-electron chi connectivity index (χ0n) is 8.90. The summed E-state index contributed by atoms with van der Waals surface area (Å²) in [6.45, 7) is 0. The fourth-order valence-electron chi connectivity index (χ4n) is 1.43. The van der Waals surface area contributed by atoms with Crippen molar-refractivity contribution in [2.75, 3.05) is 0 Å². The van der Waals surface area contributed by atoms with Gasteiger partial charge in [-0.3, -0.25) is 0 Å². The summed E-state index contributed by atoms with van der Waals surface area (Å²) >= 11 is 2.99. The van der Waals surface area contributed by atoms with Gasteiger partial charge in [0, 0.05) is 12.5 Å². The number of hydrogen-bond acceptors (Lipinski definition) is 1. The molecule has 1 aromatic rings. The summed E-state index contributed by atoms with van der Waals surface area (Å²) < 4.78 is 49.2. The van der Waals surface area contributed by atoms with Gasteiger partial charge in [0.05, 0.1) is 4.47 Å². The molecule has 0 fully saturated rings. The van der Waals surface area contributed by atoms with Gasteiger partial charge in [0.25, 0.3) is 0 Å². The van der Waals surface area contributed by atoms with E-state index in [9.17, 15) is 17.6 Å². The molecule has 0 amide bonds. The number of benzene rings is 1. The Hall–Kier alpha value is -0.620. The minimum atomic E-state index is -4.16. The third-order valence-corrected chi connectivity index (χ3v) is 2.99. The predicted octanol–water partition coefficient (Wildman–Crippen LogP) is 4.32. The van der Waals surface area contributed by atoms with Gasteiger partial charge in [-0.05, 0) is 46.5 Å². The molecule has 1 nitrogen and oxygen atoms in total. The van der Waals surface area contributed by atoms with Gasteiger partial charge in [0.1, 0.15) is 5.82 Å². The molecule has 0 radical (unpaired) electrons. The van der Waals surface area contributed by atoms with Gasteiger partial charge in [0.2, 0.25) is 0 Å². The van der Waals surface area contributed by atoms with E-state index in [1.807, 2.05) is 0 Å². The fraction of sp³-hybridized carbons (Fsp3) is 0.455. The van der Waals surface area contributed by atoms with Gasteiger partial charge < -0.3 is 5.73 Å². The molecule has 0 aliphatic rings. The van der Waals surface area contributed by atoms with Crippen molar-refractivity contribution in [3.05, 3.63) is 34.1 Å². The van der Waals surface area contributed by atoms with Crippen molar-refractivity contribution < 1.29 is 17.6 Å². The van der Waals surface area contributed by atoms with E-state index in [1.165, 1.54) is 12.1 Å². The Labute approximate surface area is 105 Å². The molecule has 0 heterocycles. The molecular formula is C11H12BrF4N. The zero-order chi connectivity index (χ0) is 13.1. The van der Waals surface area contributed by atoms with Crippen molar-refractivity contribution in [2.24, 2.45) is 5.73 Å². The summed E-state index contributed by atoms with van der Waals surface area (Å²) in [4.78, 5) is 0. The largest absolute Gasteiger partial charge is 0.389 e. The smallest absolute Gasteiger partial charge is 0.324 e. The third-order valence-electron chi connectivity index (χ3n) is 2.35. The first-order valence-corrected chi connectivity index (χ1v) is 5.86. The van der Waals surface area contributed by atoms with Crippen molar-refractivity contribution in [3.63, 3.8) is 0 Å². The second-order valence-electron chi connectivity index (χ2n) is 3.79. The number of rotatable bonds is 4. The van der Waals surface area contributed by atoms with Crippen LogP contribution in [-0.4, -0.2) is 6.18 Å². The Balaban J connectivity index is 2.52. The third kappa shape index (κ3) is 5.04. The van der Waals surface area contributed by atoms with Crippen LogP contribution in [0.4, 0.5) is 17.6 Å². The van der Waals surface area contributed by atoms with E-state index in [2.05, 4.69) is 15.9 Å². The molecule has 1 aromatic carbocycles. The van der Waals surface area contributed by atoms with Crippen molar-refractivity contribution >= 4 is 15.9 Å². The summed E-state index contributed by atoms with van der Waals surface area (Å²) in [5.41, 5.74) is 6.20. The molecule has 6 heteroatoms. The Morgan fingerprint density at radius 3 is 2.47 bits per heavy atom. The molecule has 0 bridgehead atoms. The summed E-state index contributed by atoms with van der Waals surface area (Å²) in [5.74, 6) is -0.464. The van der Waals surface area contributed by atoms with E-state index in [0.29, 0.717) is 10.0 Å². The van der Waals surface area contributed by atoms with Gasteiger partial charge >= 0.3 is 6.18 Å². The summed E-state index contributed by atoms with van der Waals surface area (Å²) in [7, 11) is 0. The van der Waals surface area contributed by atoms with Gasteiger partial charge in [-0.15, -0.1) is 0 Å². The molecule has 2 N–H and O–H groups in total. The molecule has 1 unspecified atom stereocenters. The van der Waals surface area contributed by atoms with Crippen LogP contribution >= 0.6 is 15.9 Å². The number of halogens is 5. The highest BCUT2D eigenvalue weighted by Crippen LogP contribution is 2.26. The average molecular weight is 314 g/mol. The maximum Gasteiger partial charge on any atom is 0.389 e. The molecule has 0 aliphatic carbocycles. The standard InChI is InChI=1S/C11H12BrF4N/c12-8-4-3-7(6-9(8)13)10(17)2-1-5-11(14,15)16/h3-4,6,10H,1-2,5,17H2. The van der Waals surface area contributed by atoms with Crippen molar-refractivity contribution in [3.8, 4) is 0 Å². The van der Waals surface area contributed by atoms with Crippen LogP contribution in [0, 0.1) is 5.82 Å². The minimum absolute atomic E-state index is 0.0532. The summed E-state index contributed by atoms with van der Waals surface area (Å²) in [6, 6.07) is 3.77. The average Bonchev–Trinajstić information content (AvgIpc) is 2.20. The number of nitrogens with two attached hydrogens (primary N) is 1. The predicted molar refractivity (Wildman–Crippen MR) is 60.9 cm³/mol. The first-order valence-electron chi connectivity index (χ1n) is 5.07. The molecular weight excluding hydrogens is 302 g/mol. The number of alkyl halides is 3. The van der Waals surface area contributed by atoms with Crippen LogP contribution < -0.4 is 5.73 Å². The Morgan fingerprint density at radius 2 is 1.94 bits per heavy atom.